The summed E-state index contributed by atoms with van der Waals surface area (Å²) in [6.07, 6.45) is 7.97. The minimum atomic E-state index is -0.194. The van der Waals surface area contributed by atoms with E-state index < -0.39 is 0 Å². The summed E-state index contributed by atoms with van der Waals surface area (Å²) in [5.74, 6) is 1.86. The zero-order chi connectivity index (χ0) is 14.8. The Morgan fingerprint density at radius 2 is 2.05 bits per heavy atom. The van der Waals surface area contributed by atoms with E-state index in [-0.39, 0.29) is 5.82 Å². The number of nitrogens with zero attached hydrogens (tertiary/aromatic N) is 2. The summed E-state index contributed by atoms with van der Waals surface area (Å²) < 4.78 is 15.9. The van der Waals surface area contributed by atoms with E-state index in [1.165, 1.54) is 44.6 Å². The van der Waals surface area contributed by atoms with E-state index >= 15 is 0 Å². The molecule has 0 radical (unpaired) electrons. The first kappa shape index (κ1) is 14.8. The topological polar surface area (TPSA) is 17.8 Å². The molecule has 1 saturated carbocycles. The van der Waals surface area contributed by atoms with Crippen LogP contribution in [-0.2, 0) is 12.4 Å². The van der Waals surface area contributed by atoms with Crippen LogP contribution in [0.5, 0.6) is 0 Å². The number of rotatable bonds is 4. The van der Waals surface area contributed by atoms with Crippen LogP contribution in [0.2, 0.25) is 0 Å². The maximum atomic E-state index is 13.7. The SMILES string of the molecule is Cc1cc2c(cc1F)nc(CCl)n2CCC1CCCCC1. The largest absolute Gasteiger partial charge is 0.327 e. The van der Waals surface area contributed by atoms with E-state index in [1.54, 1.807) is 6.92 Å². The van der Waals surface area contributed by atoms with Gasteiger partial charge >= 0.3 is 0 Å². The van der Waals surface area contributed by atoms with E-state index in [9.17, 15) is 4.39 Å². The number of halogens is 2. The molecule has 114 valence electrons. The molecule has 21 heavy (non-hydrogen) atoms. The van der Waals surface area contributed by atoms with Gasteiger partial charge in [-0.2, -0.15) is 0 Å². The van der Waals surface area contributed by atoms with Crippen LogP contribution in [0.15, 0.2) is 12.1 Å². The van der Waals surface area contributed by atoms with Gasteiger partial charge in [-0.1, -0.05) is 32.1 Å². The van der Waals surface area contributed by atoms with Gasteiger partial charge in [0.1, 0.15) is 11.6 Å². The standard InChI is InChI=1S/C17H22ClFN2/c1-12-9-16-15(10-14(12)19)20-17(11-18)21(16)8-7-13-5-3-2-4-6-13/h9-10,13H,2-8,11H2,1H3. The van der Waals surface area contributed by atoms with Gasteiger partial charge < -0.3 is 4.57 Å². The van der Waals surface area contributed by atoms with Crippen LogP contribution in [-0.4, -0.2) is 9.55 Å². The Bertz CT molecular complexity index is 629. The van der Waals surface area contributed by atoms with Gasteiger partial charge in [-0.05, 0) is 30.9 Å². The van der Waals surface area contributed by atoms with Gasteiger partial charge in [-0.25, -0.2) is 9.37 Å². The lowest BCUT2D eigenvalue weighted by Crippen LogP contribution is -2.11. The van der Waals surface area contributed by atoms with Gasteiger partial charge in [0.2, 0.25) is 0 Å². The Morgan fingerprint density at radius 3 is 2.76 bits per heavy atom. The average Bonchev–Trinajstić information content (AvgIpc) is 2.83. The van der Waals surface area contributed by atoms with Crippen molar-refractivity contribution in [2.75, 3.05) is 0 Å². The Kier molecular flexibility index (Phi) is 4.48. The molecular formula is C17H22ClFN2. The summed E-state index contributed by atoms with van der Waals surface area (Å²) in [6.45, 7) is 2.74. The van der Waals surface area contributed by atoms with Crippen LogP contribution in [0, 0.1) is 18.7 Å². The molecule has 1 heterocycles. The first-order valence-corrected chi connectivity index (χ1v) is 8.43. The number of imidazole rings is 1. The summed E-state index contributed by atoms with van der Waals surface area (Å²) in [6, 6.07) is 3.42. The van der Waals surface area contributed by atoms with Gasteiger partial charge in [-0.15, -0.1) is 11.6 Å². The molecule has 0 spiro atoms. The zero-order valence-corrected chi connectivity index (χ0v) is 13.3. The predicted molar refractivity (Wildman–Crippen MR) is 85.2 cm³/mol. The third-order valence-electron chi connectivity index (χ3n) is 4.71. The molecule has 0 amide bonds. The Balaban J connectivity index is 1.86. The van der Waals surface area contributed by atoms with E-state index in [1.807, 2.05) is 6.07 Å². The van der Waals surface area contributed by atoms with E-state index in [0.29, 0.717) is 11.4 Å². The second kappa shape index (κ2) is 6.35. The van der Waals surface area contributed by atoms with Gasteiger partial charge in [0, 0.05) is 12.6 Å². The normalized spacial score (nSPS) is 16.7. The molecule has 0 N–H and O–H groups in total. The number of alkyl halides is 1. The van der Waals surface area contributed by atoms with E-state index in [0.717, 1.165) is 29.3 Å². The highest BCUT2D eigenvalue weighted by Gasteiger charge is 2.16. The molecule has 0 aliphatic heterocycles. The summed E-state index contributed by atoms with van der Waals surface area (Å²) in [7, 11) is 0. The van der Waals surface area contributed by atoms with Gasteiger partial charge in [0.25, 0.3) is 0 Å². The molecule has 3 rings (SSSR count). The second-order valence-corrected chi connectivity index (χ2v) is 6.46. The third kappa shape index (κ3) is 3.08. The molecule has 0 unspecified atom stereocenters. The molecule has 4 heteroatoms. The van der Waals surface area contributed by atoms with Crippen LogP contribution in [0.3, 0.4) is 0 Å². The summed E-state index contributed by atoms with van der Waals surface area (Å²) in [4.78, 5) is 4.49. The molecule has 1 aromatic carbocycles. The molecule has 2 aromatic rings. The zero-order valence-electron chi connectivity index (χ0n) is 12.5. The van der Waals surface area contributed by atoms with Gasteiger partial charge in [-0.3, -0.25) is 0 Å². The number of hydrogen-bond acceptors (Lipinski definition) is 1. The molecule has 0 atom stereocenters. The van der Waals surface area contributed by atoms with Gasteiger partial charge in [0.15, 0.2) is 0 Å². The fraction of sp³-hybridized carbons (Fsp3) is 0.588. The number of fused-ring (bicyclic) bond motifs is 1. The van der Waals surface area contributed by atoms with Crippen molar-refractivity contribution in [1.29, 1.82) is 0 Å². The predicted octanol–water partition coefficient (Wildman–Crippen LogP) is 5.19. The number of aromatic nitrogens is 2. The Labute approximate surface area is 130 Å². The Hall–Kier alpha value is -1.09. The number of benzene rings is 1. The number of aryl methyl sites for hydroxylation is 2. The fourth-order valence-corrected chi connectivity index (χ4v) is 3.64. The second-order valence-electron chi connectivity index (χ2n) is 6.20. The van der Waals surface area contributed by atoms with Crippen molar-refractivity contribution < 1.29 is 4.39 Å². The maximum Gasteiger partial charge on any atom is 0.128 e. The lowest BCUT2D eigenvalue weighted by atomic mass is 9.87. The molecule has 1 aliphatic rings. The highest BCUT2D eigenvalue weighted by molar-refractivity contribution is 6.16. The minimum Gasteiger partial charge on any atom is -0.327 e. The maximum absolute atomic E-state index is 13.7. The molecule has 0 bridgehead atoms. The van der Waals surface area contributed by atoms with Gasteiger partial charge in [0.05, 0.1) is 16.9 Å². The highest BCUT2D eigenvalue weighted by Crippen LogP contribution is 2.28. The van der Waals surface area contributed by atoms with Crippen molar-refractivity contribution in [3.63, 3.8) is 0 Å². The fourth-order valence-electron chi connectivity index (χ4n) is 3.44. The minimum absolute atomic E-state index is 0.194. The summed E-state index contributed by atoms with van der Waals surface area (Å²) in [5, 5.41) is 0. The van der Waals surface area contributed by atoms with Crippen molar-refractivity contribution in [3.8, 4) is 0 Å². The highest BCUT2D eigenvalue weighted by atomic mass is 35.5. The third-order valence-corrected chi connectivity index (χ3v) is 4.95. The van der Waals surface area contributed by atoms with Crippen molar-refractivity contribution in [3.05, 3.63) is 29.3 Å². The first-order chi connectivity index (χ1) is 10.2. The van der Waals surface area contributed by atoms with Crippen molar-refractivity contribution in [2.24, 2.45) is 5.92 Å². The van der Waals surface area contributed by atoms with Crippen molar-refractivity contribution >= 4 is 22.6 Å². The molecule has 1 aromatic heterocycles. The van der Waals surface area contributed by atoms with E-state index in [4.69, 9.17) is 11.6 Å². The van der Waals surface area contributed by atoms with Crippen LogP contribution >= 0.6 is 11.6 Å². The monoisotopic (exact) mass is 308 g/mol. The van der Waals surface area contributed by atoms with Crippen LogP contribution in [0.4, 0.5) is 4.39 Å². The lowest BCUT2D eigenvalue weighted by molar-refractivity contribution is 0.324. The van der Waals surface area contributed by atoms with Crippen LogP contribution in [0.1, 0.15) is 49.9 Å². The molecule has 2 nitrogen and oxygen atoms in total. The molecule has 1 aliphatic carbocycles. The molecule has 0 saturated heterocycles. The summed E-state index contributed by atoms with van der Waals surface area (Å²) in [5.41, 5.74) is 2.40. The molecular weight excluding hydrogens is 287 g/mol. The summed E-state index contributed by atoms with van der Waals surface area (Å²) >= 11 is 6.03. The van der Waals surface area contributed by atoms with E-state index in [2.05, 4.69) is 9.55 Å². The van der Waals surface area contributed by atoms with Crippen LogP contribution < -0.4 is 0 Å². The average molecular weight is 309 g/mol. The smallest absolute Gasteiger partial charge is 0.128 e. The first-order valence-electron chi connectivity index (χ1n) is 7.90. The quantitative estimate of drug-likeness (QED) is 0.710. The van der Waals surface area contributed by atoms with Crippen LogP contribution in [0.25, 0.3) is 11.0 Å². The lowest BCUT2D eigenvalue weighted by Gasteiger charge is -2.22. The van der Waals surface area contributed by atoms with Crippen molar-refractivity contribution in [2.45, 2.75) is 57.9 Å². The molecule has 1 fully saturated rings. The Morgan fingerprint density at radius 1 is 1.29 bits per heavy atom. The van der Waals surface area contributed by atoms with Crippen molar-refractivity contribution in [1.82, 2.24) is 9.55 Å². The number of hydrogen-bond donors (Lipinski definition) is 0.